The van der Waals surface area contributed by atoms with Gasteiger partial charge < -0.3 is 0 Å². The summed E-state index contributed by atoms with van der Waals surface area (Å²) < 4.78 is 0. The third-order valence-corrected chi connectivity index (χ3v) is 1.33. The highest BCUT2D eigenvalue weighted by Gasteiger charge is 1.85. The Kier molecular flexibility index (Phi) is 3.09. The molecule has 0 bridgehead atoms. The minimum Gasteiger partial charge on any atom is -0.161 e. The summed E-state index contributed by atoms with van der Waals surface area (Å²) in [5.41, 5.74) is 1.06. The summed E-state index contributed by atoms with van der Waals surface area (Å²) >= 11 is 0. The highest BCUT2D eigenvalue weighted by Crippen LogP contribution is 2.02. The van der Waals surface area contributed by atoms with Gasteiger partial charge in [-0.3, -0.25) is 0 Å². The molecule has 0 N–H and O–H groups in total. The summed E-state index contributed by atoms with van der Waals surface area (Å²) in [6.45, 7) is 0. The van der Waals surface area contributed by atoms with Gasteiger partial charge in [0.05, 0.1) is 15.0 Å². The first kappa shape index (κ1) is 8.25. The van der Waals surface area contributed by atoms with E-state index in [1.54, 1.807) is 0 Å². The van der Waals surface area contributed by atoms with Gasteiger partial charge in [0.1, 0.15) is 0 Å². The zero-order valence-electron chi connectivity index (χ0n) is 6.20. The molecule has 0 atom stereocenters. The lowest BCUT2D eigenvalue weighted by atomic mass is 9.45. The van der Waals surface area contributed by atoms with Crippen LogP contribution in [-0.4, -0.2) is 22.8 Å². The van der Waals surface area contributed by atoms with Gasteiger partial charge in [-0.15, -0.1) is 0 Å². The second-order valence-corrected chi connectivity index (χ2v) is 2.22. The predicted octanol–water partition coefficient (Wildman–Crippen LogP) is 0.941. The van der Waals surface area contributed by atoms with E-state index in [2.05, 4.69) is 0 Å². The summed E-state index contributed by atoms with van der Waals surface area (Å²) in [5.74, 6) is 0. The van der Waals surface area contributed by atoms with Gasteiger partial charge in [-0.25, -0.2) is 0 Å². The van der Waals surface area contributed by atoms with Crippen molar-refractivity contribution >= 4 is 28.8 Å². The molecule has 0 spiro atoms. The fourth-order valence-electron chi connectivity index (χ4n) is 0.790. The molecule has 0 aliphatic carbocycles. The van der Waals surface area contributed by atoms with Crippen LogP contribution in [0.4, 0.5) is 0 Å². The van der Waals surface area contributed by atoms with E-state index in [1.807, 2.05) is 36.4 Å². The zero-order chi connectivity index (χ0) is 8.10. The molecule has 3 heteroatoms. The summed E-state index contributed by atoms with van der Waals surface area (Å²) in [6, 6.07) is 9.80. The van der Waals surface area contributed by atoms with Crippen molar-refractivity contribution in [3.63, 3.8) is 0 Å². The molecule has 5 radical (unpaired) electrons. The average Bonchev–Trinajstić information content (AvgIpc) is 2.06. The Morgan fingerprint density at radius 2 is 1.91 bits per heavy atom. The fourth-order valence-corrected chi connectivity index (χ4v) is 0.790. The first-order valence-corrected chi connectivity index (χ1v) is 3.40. The van der Waals surface area contributed by atoms with Crippen LogP contribution in [0, 0.1) is 0 Å². The lowest BCUT2D eigenvalue weighted by Gasteiger charge is -1.95. The predicted molar refractivity (Wildman–Crippen MR) is 51.7 cm³/mol. The van der Waals surface area contributed by atoms with Crippen molar-refractivity contribution in [3.8, 4) is 0 Å². The van der Waals surface area contributed by atoms with Crippen LogP contribution >= 0.6 is 0 Å². The van der Waals surface area contributed by atoms with Gasteiger partial charge in [0, 0.05) is 7.74 Å². The maximum atomic E-state index is 5.49. The van der Waals surface area contributed by atoms with E-state index < -0.39 is 0 Å². The van der Waals surface area contributed by atoms with Crippen LogP contribution in [0.25, 0.3) is 6.08 Å². The monoisotopic (exact) mass is 135 g/mol. The van der Waals surface area contributed by atoms with Gasteiger partial charge in [-0.05, 0) is 5.56 Å². The molecule has 0 nitrogen and oxygen atoms in total. The number of hydrogen-bond donors (Lipinski definition) is 0. The molecule has 1 aromatic rings. The molecule has 0 fully saturated rings. The SMILES string of the molecule is [B][B]C([B])=Cc1ccccc1. The van der Waals surface area contributed by atoms with E-state index >= 15 is 0 Å². The van der Waals surface area contributed by atoms with Crippen LogP contribution in [0.1, 0.15) is 5.56 Å². The second-order valence-electron chi connectivity index (χ2n) is 2.22. The van der Waals surface area contributed by atoms with Crippen molar-refractivity contribution < 1.29 is 0 Å². The first-order valence-electron chi connectivity index (χ1n) is 3.40. The van der Waals surface area contributed by atoms with Gasteiger partial charge in [-0.1, -0.05) is 36.4 Å². The molecule has 1 aromatic carbocycles. The second kappa shape index (κ2) is 4.12. The molecule has 47 valence electrons. The molecule has 0 aliphatic heterocycles. The van der Waals surface area contributed by atoms with Gasteiger partial charge in [0.25, 0.3) is 0 Å². The third-order valence-electron chi connectivity index (χ3n) is 1.33. The fraction of sp³-hybridized carbons (Fsp3) is 0. The van der Waals surface area contributed by atoms with E-state index in [0.29, 0.717) is 5.37 Å². The smallest absolute Gasteiger partial charge is 0.0922 e. The maximum absolute atomic E-state index is 5.49. The molecule has 0 amide bonds. The van der Waals surface area contributed by atoms with Crippen molar-refractivity contribution in [1.82, 2.24) is 0 Å². The van der Waals surface area contributed by atoms with Crippen LogP contribution in [0.3, 0.4) is 0 Å². The Morgan fingerprint density at radius 3 is 2.45 bits per heavy atom. The minimum atomic E-state index is 0.580. The van der Waals surface area contributed by atoms with Crippen LogP contribution in [-0.2, 0) is 0 Å². The zero-order valence-corrected chi connectivity index (χ0v) is 6.20. The summed E-state index contributed by atoms with van der Waals surface area (Å²) in [7, 11) is 12.1. The number of rotatable bonds is 2. The summed E-state index contributed by atoms with van der Waals surface area (Å²) in [6.07, 6.45) is 1.82. The van der Waals surface area contributed by atoms with Crippen molar-refractivity contribution in [2.24, 2.45) is 0 Å². The molecule has 11 heavy (non-hydrogen) atoms. The topological polar surface area (TPSA) is 0 Å². The normalized spacial score (nSPS) is 11.1. The molecule has 1 rings (SSSR count). The van der Waals surface area contributed by atoms with Crippen LogP contribution in [0.15, 0.2) is 35.7 Å². The molecule has 0 aliphatic rings. The highest BCUT2D eigenvalue weighted by molar-refractivity contribution is 6.98. The first-order chi connectivity index (χ1) is 5.33. The lowest BCUT2D eigenvalue weighted by Crippen LogP contribution is -1.94. The standard InChI is InChI=1S/C8H6B3/c9-8(11-10)6-7-4-2-1-3-5-7/h1-6H. The minimum absolute atomic E-state index is 0.580. The van der Waals surface area contributed by atoms with Gasteiger partial charge in [0.15, 0.2) is 0 Å². The average molecular weight is 135 g/mol. The molecular weight excluding hydrogens is 129 g/mol. The highest BCUT2D eigenvalue weighted by atomic mass is 13.8. The van der Waals surface area contributed by atoms with E-state index in [9.17, 15) is 0 Å². The third kappa shape index (κ3) is 2.71. The van der Waals surface area contributed by atoms with Crippen molar-refractivity contribution in [2.45, 2.75) is 0 Å². The Morgan fingerprint density at radius 1 is 1.27 bits per heavy atom. The van der Waals surface area contributed by atoms with Crippen LogP contribution < -0.4 is 0 Å². The molecule has 0 heterocycles. The van der Waals surface area contributed by atoms with E-state index in [4.69, 9.17) is 15.6 Å². The van der Waals surface area contributed by atoms with Crippen LogP contribution in [0.5, 0.6) is 0 Å². The van der Waals surface area contributed by atoms with E-state index in [0.717, 1.165) is 5.56 Å². The molecular formula is C8H6B3. The van der Waals surface area contributed by atoms with Gasteiger partial charge in [0.2, 0.25) is 0 Å². The summed E-state index contributed by atoms with van der Waals surface area (Å²) in [4.78, 5) is 0. The van der Waals surface area contributed by atoms with Gasteiger partial charge in [-0.2, -0.15) is 5.37 Å². The van der Waals surface area contributed by atoms with E-state index in [-0.39, 0.29) is 0 Å². The molecule has 0 saturated carbocycles. The van der Waals surface area contributed by atoms with Crippen LogP contribution in [0.2, 0.25) is 0 Å². The summed E-state index contributed by atoms with van der Waals surface area (Å²) in [5, 5.41) is 0.580. The lowest BCUT2D eigenvalue weighted by molar-refractivity contribution is 1.66. The largest absolute Gasteiger partial charge is 0.161 e. The molecule has 0 aromatic heterocycles. The Bertz CT molecular complexity index is 241. The Balaban J connectivity index is 2.79. The van der Waals surface area contributed by atoms with E-state index in [1.165, 1.54) is 7.17 Å². The number of benzene rings is 1. The van der Waals surface area contributed by atoms with Gasteiger partial charge >= 0.3 is 0 Å². The maximum Gasteiger partial charge on any atom is 0.0922 e. The van der Waals surface area contributed by atoms with Crippen molar-refractivity contribution in [2.75, 3.05) is 0 Å². The Labute approximate surface area is 70.7 Å². The molecule has 0 unspecified atom stereocenters. The van der Waals surface area contributed by atoms with Crippen molar-refractivity contribution in [3.05, 3.63) is 41.3 Å². The Hall–Kier alpha value is -0.845. The quantitative estimate of drug-likeness (QED) is 0.529. The molecule has 0 saturated heterocycles. The number of hydrogen-bond acceptors (Lipinski definition) is 0. The van der Waals surface area contributed by atoms with Crippen molar-refractivity contribution in [1.29, 1.82) is 0 Å².